The van der Waals surface area contributed by atoms with Crippen molar-refractivity contribution < 1.29 is 22.4 Å². The van der Waals surface area contributed by atoms with Crippen molar-refractivity contribution in [3.8, 4) is 0 Å². The minimum absolute atomic E-state index is 0.0385. The van der Waals surface area contributed by atoms with Gasteiger partial charge in [-0.1, -0.05) is 85.3 Å². The smallest absolute Gasteiger partial charge is 0.264 e. The Morgan fingerprint density at radius 2 is 1.45 bits per heavy atom. The minimum Gasteiger partial charge on any atom is -0.352 e. The van der Waals surface area contributed by atoms with E-state index in [4.69, 9.17) is 11.6 Å². The summed E-state index contributed by atoms with van der Waals surface area (Å²) in [5, 5.41) is 3.41. The van der Waals surface area contributed by atoms with E-state index < -0.39 is 34.3 Å². The number of carbonyl (C=O) groups excluding carboxylic acids is 2. The van der Waals surface area contributed by atoms with Crippen molar-refractivity contribution >= 4 is 39.1 Å². The molecule has 0 aromatic heterocycles. The number of para-hydroxylation sites is 1. The van der Waals surface area contributed by atoms with Gasteiger partial charge in [0.1, 0.15) is 18.4 Å². The van der Waals surface area contributed by atoms with E-state index in [1.165, 1.54) is 4.90 Å². The Hall–Kier alpha value is -4.21. The molecule has 0 aliphatic carbocycles. The normalized spacial score (nSPS) is 12.6. The summed E-state index contributed by atoms with van der Waals surface area (Å²) in [4.78, 5) is 29.5. The molecule has 44 heavy (non-hydrogen) atoms. The fourth-order valence-electron chi connectivity index (χ4n) is 4.66. The second kappa shape index (κ2) is 15.0. The lowest BCUT2D eigenvalue weighted by Gasteiger charge is -2.34. The van der Waals surface area contributed by atoms with Gasteiger partial charge < -0.3 is 10.2 Å². The zero-order chi connectivity index (χ0) is 31.7. The third-order valence-electron chi connectivity index (χ3n) is 7.30. The molecule has 230 valence electrons. The molecular weight excluding hydrogens is 601 g/mol. The average Bonchev–Trinajstić information content (AvgIpc) is 3.03. The summed E-state index contributed by atoms with van der Waals surface area (Å²) in [7, 11) is -4.32. The number of carbonyl (C=O) groups is 2. The molecule has 2 amide bonds. The summed E-state index contributed by atoms with van der Waals surface area (Å²) in [6, 6.07) is 27.8. The molecule has 0 bridgehead atoms. The van der Waals surface area contributed by atoms with Crippen LogP contribution in [0.1, 0.15) is 31.4 Å². The van der Waals surface area contributed by atoms with Crippen LogP contribution >= 0.6 is 11.6 Å². The number of nitrogens with one attached hydrogen (secondary N) is 1. The maximum atomic E-state index is 14.4. The standard InChI is InChI=1S/C34H35ClFN3O4S/c1-3-25(2)37-34(41)32(22-26-12-6-4-7-13-26)38(23-27-14-10-11-17-31(27)35)33(40)24-39(29-15-8-5-9-16-29)44(42,43)30-20-18-28(36)19-21-30/h4-21,25,32H,3,22-24H2,1-2H3,(H,37,41)/t25-,32+/m1/s1. The van der Waals surface area contributed by atoms with Crippen LogP contribution in [0.15, 0.2) is 114 Å². The minimum atomic E-state index is -4.32. The predicted octanol–water partition coefficient (Wildman–Crippen LogP) is 6.23. The molecule has 0 unspecified atom stereocenters. The van der Waals surface area contributed by atoms with Crippen LogP contribution in [0.4, 0.5) is 10.1 Å². The molecule has 0 radical (unpaired) electrons. The van der Waals surface area contributed by atoms with Crippen molar-refractivity contribution in [3.63, 3.8) is 0 Å². The fourth-order valence-corrected chi connectivity index (χ4v) is 6.27. The van der Waals surface area contributed by atoms with Crippen LogP contribution in [-0.2, 0) is 32.6 Å². The van der Waals surface area contributed by atoms with Crippen molar-refractivity contribution in [2.75, 3.05) is 10.8 Å². The number of benzene rings is 4. The first-order valence-electron chi connectivity index (χ1n) is 14.3. The SMILES string of the molecule is CC[C@@H](C)NC(=O)[C@H](Cc1ccccc1)N(Cc1ccccc1Cl)C(=O)CN(c1ccccc1)S(=O)(=O)c1ccc(F)cc1. The van der Waals surface area contributed by atoms with Gasteiger partial charge in [0.25, 0.3) is 10.0 Å². The van der Waals surface area contributed by atoms with Gasteiger partial charge in [-0.25, -0.2) is 12.8 Å². The second-order valence-electron chi connectivity index (χ2n) is 10.4. The van der Waals surface area contributed by atoms with E-state index in [1.807, 2.05) is 44.2 Å². The van der Waals surface area contributed by atoms with Crippen molar-refractivity contribution in [3.05, 3.63) is 131 Å². The summed E-state index contributed by atoms with van der Waals surface area (Å²) in [5.41, 5.74) is 1.67. The Bertz CT molecular complexity index is 1660. The molecule has 10 heteroatoms. The first-order valence-corrected chi connectivity index (χ1v) is 16.1. The van der Waals surface area contributed by atoms with Crippen LogP contribution < -0.4 is 9.62 Å². The van der Waals surface area contributed by atoms with Gasteiger partial charge in [0.05, 0.1) is 10.6 Å². The number of rotatable bonds is 13. The third kappa shape index (κ3) is 8.24. The van der Waals surface area contributed by atoms with Crippen LogP contribution in [0.3, 0.4) is 0 Å². The lowest BCUT2D eigenvalue weighted by atomic mass is 10.0. The molecule has 4 aromatic carbocycles. The van der Waals surface area contributed by atoms with E-state index in [2.05, 4.69) is 5.32 Å². The molecule has 0 fully saturated rings. The highest BCUT2D eigenvalue weighted by molar-refractivity contribution is 7.92. The Morgan fingerprint density at radius 3 is 2.07 bits per heavy atom. The lowest BCUT2D eigenvalue weighted by Crippen LogP contribution is -2.54. The molecule has 0 saturated heterocycles. The quantitative estimate of drug-likeness (QED) is 0.189. The summed E-state index contributed by atoms with van der Waals surface area (Å²) < 4.78 is 42.5. The number of nitrogens with zero attached hydrogens (tertiary/aromatic N) is 2. The topological polar surface area (TPSA) is 86.8 Å². The summed E-state index contributed by atoms with van der Waals surface area (Å²) in [6.07, 6.45) is 0.870. The van der Waals surface area contributed by atoms with E-state index >= 15 is 0 Å². The molecule has 0 aliphatic heterocycles. The zero-order valence-electron chi connectivity index (χ0n) is 24.6. The predicted molar refractivity (Wildman–Crippen MR) is 171 cm³/mol. The van der Waals surface area contributed by atoms with Gasteiger partial charge in [-0.15, -0.1) is 0 Å². The summed E-state index contributed by atoms with van der Waals surface area (Å²) in [6.45, 7) is 3.17. The summed E-state index contributed by atoms with van der Waals surface area (Å²) in [5.74, 6) is -1.57. The number of hydrogen-bond donors (Lipinski definition) is 1. The molecule has 1 N–H and O–H groups in total. The van der Waals surface area contributed by atoms with Crippen LogP contribution in [-0.4, -0.2) is 43.8 Å². The summed E-state index contributed by atoms with van der Waals surface area (Å²) >= 11 is 6.52. The van der Waals surface area contributed by atoms with E-state index in [0.717, 1.165) is 34.1 Å². The largest absolute Gasteiger partial charge is 0.352 e. The molecule has 0 heterocycles. The molecule has 0 spiro atoms. The molecule has 4 rings (SSSR count). The van der Waals surface area contributed by atoms with E-state index in [1.54, 1.807) is 54.6 Å². The van der Waals surface area contributed by atoms with Crippen molar-refractivity contribution in [1.82, 2.24) is 10.2 Å². The first-order chi connectivity index (χ1) is 21.1. The monoisotopic (exact) mass is 635 g/mol. The number of sulfonamides is 1. The van der Waals surface area contributed by atoms with E-state index in [0.29, 0.717) is 17.0 Å². The van der Waals surface area contributed by atoms with Gasteiger partial charge in [-0.05, 0) is 66.9 Å². The van der Waals surface area contributed by atoms with Crippen LogP contribution in [0, 0.1) is 5.82 Å². The molecule has 4 aromatic rings. The van der Waals surface area contributed by atoms with Crippen molar-refractivity contribution in [2.24, 2.45) is 0 Å². The van der Waals surface area contributed by atoms with E-state index in [-0.39, 0.29) is 35.5 Å². The Labute approximate surface area is 263 Å². The Balaban J connectivity index is 1.80. The second-order valence-corrected chi connectivity index (χ2v) is 12.7. The van der Waals surface area contributed by atoms with Gasteiger partial charge in [0.2, 0.25) is 11.8 Å². The van der Waals surface area contributed by atoms with Gasteiger partial charge in [-0.3, -0.25) is 13.9 Å². The highest BCUT2D eigenvalue weighted by Gasteiger charge is 2.35. The number of amides is 2. The van der Waals surface area contributed by atoms with Gasteiger partial charge in [0, 0.05) is 24.0 Å². The highest BCUT2D eigenvalue weighted by Crippen LogP contribution is 2.26. The van der Waals surface area contributed by atoms with Crippen molar-refractivity contribution in [2.45, 2.75) is 50.2 Å². The van der Waals surface area contributed by atoms with Crippen LogP contribution in [0.2, 0.25) is 5.02 Å². The third-order valence-corrected chi connectivity index (χ3v) is 9.45. The maximum Gasteiger partial charge on any atom is 0.264 e. The lowest BCUT2D eigenvalue weighted by molar-refractivity contribution is -0.140. The number of anilines is 1. The fraction of sp³-hybridized carbons (Fsp3) is 0.235. The van der Waals surface area contributed by atoms with E-state index in [9.17, 15) is 22.4 Å². The van der Waals surface area contributed by atoms with Crippen molar-refractivity contribution in [1.29, 1.82) is 0 Å². The molecule has 2 atom stereocenters. The molecule has 0 saturated carbocycles. The average molecular weight is 636 g/mol. The molecule has 7 nitrogen and oxygen atoms in total. The Kier molecular flexibility index (Phi) is 11.1. The van der Waals surface area contributed by atoms with Gasteiger partial charge >= 0.3 is 0 Å². The Morgan fingerprint density at radius 1 is 0.864 bits per heavy atom. The van der Waals surface area contributed by atoms with Gasteiger partial charge in [-0.2, -0.15) is 0 Å². The molecular formula is C34H35ClFN3O4S. The van der Waals surface area contributed by atoms with Gasteiger partial charge in [0.15, 0.2) is 0 Å². The zero-order valence-corrected chi connectivity index (χ0v) is 26.1. The number of hydrogen-bond acceptors (Lipinski definition) is 4. The van der Waals surface area contributed by atoms with Crippen LogP contribution in [0.25, 0.3) is 0 Å². The first kappa shape index (κ1) is 32.7. The highest BCUT2D eigenvalue weighted by atomic mass is 35.5. The maximum absolute atomic E-state index is 14.4. The number of halogens is 2. The van der Waals surface area contributed by atoms with Crippen LogP contribution in [0.5, 0.6) is 0 Å². The molecule has 0 aliphatic rings.